The van der Waals surface area contributed by atoms with Gasteiger partial charge in [0.1, 0.15) is 17.8 Å². The Morgan fingerprint density at radius 3 is 2.55 bits per heavy atom. The third-order valence-corrected chi connectivity index (χ3v) is 8.86. The van der Waals surface area contributed by atoms with Gasteiger partial charge in [-0.25, -0.2) is 13.4 Å². The molecule has 1 unspecified atom stereocenters. The molecule has 1 N–H and O–H groups in total. The van der Waals surface area contributed by atoms with Crippen molar-refractivity contribution in [3.8, 4) is 22.9 Å². The van der Waals surface area contributed by atoms with Crippen LogP contribution in [0.3, 0.4) is 0 Å². The molecule has 0 bridgehead atoms. The first-order chi connectivity index (χ1) is 18.9. The zero-order chi connectivity index (χ0) is 28.8. The van der Waals surface area contributed by atoms with Crippen molar-refractivity contribution in [1.82, 2.24) is 19.4 Å². The zero-order valence-corrected chi connectivity index (χ0v) is 23.3. The number of nitrogens with zero attached hydrogens (tertiary/aromatic N) is 5. The van der Waals surface area contributed by atoms with Crippen LogP contribution in [0.1, 0.15) is 39.5 Å². The number of aromatic nitrogens is 2. The number of carbonyl (C=O) groups is 2. The predicted octanol–water partition coefficient (Wildman–Crippen LogP) is 2.13. The summed E-state index contributed by atoms with van der Waals surface area (Å²) in [5, 5.41) is 13.7. The van der Waals surface area contributed by atoms with Gasteiger partial charge in [0.25, 0.3) is 5.91 Å². The lowest BCUT2D eigenvalue weighted by molar-refractivity contribution is -0.176. The van der Waals surface area contributed by atoms with Crippen molar-refractivity contribution in [2.24, 2.45) is 11.8 Å². The standard InChI is InChI=1S/C26H31FN6O6S/c1-16(2)25(39-24(35)17-6-10-31(3)11-7-17)38-20-5-4-19(18-12-29-33(13-18)26(15-28)8-9-26)22(27)23(20)32-14-21(34)30-40(32,36)37/h4-5,12-13,16-17,25H,6-11,14H2,1-3H3,(H,30,34). The number of esters is 1. The van der Waals surface area contributed by atoms with Crippen LogP contribution in [-0.4, -0.2) is 67.9 Å². The Morgan fingerprint density at radius 1 is 1.27 bits per heavy atom. The minimum absolute atomic E-state index is 0.00121. The minimum Gasteiger partial charge on any atom is -0.452 e. The van der Waals surface area contributed by atoms with Crippen molar-refractivity contribution in [3.05, 3.63) is 30.3 Å². The van der Waals surface area contributed by atoms with E-state index >= 15 is 4.39 Å². The molecule has 3 aliphatic rings. The molecule has 40 heavy (non-hydrogen) atoms. The first kappa shape index (κ1) is 27.9. The third kappa shape index (κ3) is 5.23. The van der Waals surface area contributed by atoms with Crippen LogP contribution in [0.25, 0.3) is 11.1 Å². The summed E-state index contributed by atoms with van der Waals surface area (Å²) in [5.41, 5.74) is -0.943. The van der Waals surface area contributed by atoms with Crippen LogP contribution < -0.4 is 13.8 Å². The highest BCUT2D eigenvalue weighted by Crippen LogP contribution is 2.44. The Labute approximate surface area is 231 Å². The highest BCUT2D eigenvalue weighted by molar-refractivity contribution is 7.92. The molecule has 3 heterocycles. The van der Waals surface area contributed by atoms with E-state index in [0.717, 1.165) is 13.1 Å². The topological polar surface area (TPSA) is 147 Å². The first-order valence-electron chi connectivity index (χ1n) is 13.1. The number of carbonyl (C=O) groups excluding carboxylic acids is 2. The lowest BCUT2D eigenvalue weighted by Crippen LogP contribution is -2.38. The van der Waals surface area contributed by atoms with Crippen molar-refractivity contribution >= 4 is 27.8 Å². The Morgan fingerprint density at radius 2 is 1.98 bits per heavy atom. The van der Waals surface area contributed by atoms with E-state index in [9.17, 15) is 23.3 Å². The maximum absolute atomic E-state index is 16.2. The molecule has 3 fully saturated rings. The van der Waals surface area contributed by atoms with Crippen LogP contribution in [0.5, 0.6) is 5.75 Å². The number of anilines is 1. The van der Waals surface area contributed by atoms with Crippen molar-refractivity contribution in [2.45, 2.75) is 51.4 Å². The number of likely N-dealkylation sites (tertiary alicyclic amines) is 1. The second-order valence-electron chi connectivity index (χ2n) is 10.9. The van der Waals surface area contributed by atoms with Crippen LogP contribution in [-0.2, 0) is 30.1 Å². The van der Waals surface area contributed by atoms with Gasteiger partial charge in [0.2, 0.25) is 6.29 Å². The van der Waals surface area contributed by atoms with Gasteiger partial charge in [0.15, 0.2) is 11.6 Å². The molecule has 12 nitrogen and oxygen atoms in total. The summed E-state index contributed by atoms with van der Waals surface area (Å²) in [6.45, 7) is 4.36. The maximum atomic E-state index is 16.2. The van der Waals surface area contributed by atoms with Crippen molar-refractivity contribution in [3.63, 3.8) is 0 Å². The molecule has 1 saturated carbocycles. The molecule has 1 aromatic carbocycles. The summed E-state index contributed by atoms with van der Waals surface area (Å²) >= 11 is 0. The number of ether oxygens (including phenoxy) is 2. The quantitative estimate of drug-likeness (QED) is 0.370. The summed E-state index contributed by atoms with van der Waals surface area (Å²) in [4.78, 5) is 27.1. The molecule has 14 heteroatoms. The second-order valence-corrected chi connectivity index (χ2v) is 12.5. The molecule has 2 aliphatic heterocycles. The number of benzene rings is 1. The molecule has 1 atom stereocenters. The van der Waals surface area contributed by atoms with E-state index in [1.807, 2.05) is 11.8 Å². The monoisotopic (exact) mass is 574 g/mol. The number of halogens is 1. The predicted molar refractivity (Wildman–Crippen MR) is 140 cm³/mol. The molecule has 0 spiro atoms. The zero-order valence-electron chi connectivity index (χ0n) is 22.5. The van der Waals surface area contributed by atoms with Gasteiger partial charge in [-0.1, -0.05) is 13.8 Å². The first-order valence-corrected chi connectivity index (χ1v) is 14.6. The molecule has 0 radical (unpaired) electrons. The van der Waals surface area contributed by atoms with E-state index in [1.165, 1.54) is 29.2 Å². The fraction of sp³-hybridized carbons (Fsp3) is 0.538. The molecule has 1 aliphatic carbocycles. The van der Waals surface area contributed by atoms with E-state index in [4.69, 9.17) is 9.47 Å². The summed E-state index contributed by atoms with van der Waals surface area (Å²) in [5.74, 6) is -3.11. The fourth-order valence-corrected chi connectivity index (χ4v) is 5.99. The number of rotatable bonds is 8. The number of nitrogens with one attached hydrogen (secondary N) is 1. The van der Waals surface area contributed by atoms with E-state index in [2.05, 4.69) is 16.1 Å². The minimum atomic E-state index is -4.41. The van der Waals surface area contributed by atoms with Gasteiger partial charge in [-0.2, -0.15) is 18.8 Å². The third-order valence-electron chi connectivity index (χ3n) is 7.48. The largest absolute Gasteiger partial charge is 0.452 e. The molecule has 1 aromatic heterocycles. The van der Waals surface area contributed by atoms with Gasteiger partial charge in [0.05, 0.1) is 18.2 Å². The Bertz CT molecular complexity index is 1470. The summed E-state index contributed by atoms with van der Waals surface area (Å²) < 4.78 is 57.4. The van der Waals surface area contributed by atoms with E-state index < -0.39 is 52.0 Å². The number of hydrogen-bond acceptors (Lipinski definition) is 9. The van der Waals surface area contributed by atoms with E-state index in [-0.39, 0.29) is 23.1 Å². The SMILES string of the molecule is CC(C)C(OC(=O)C1CCN(C)CC1)Oc1ccc(-c2cnn(C3(C#N)CC3)c2)c(F)c1N1CC(=O)NS1(=O)=O. The highest BCUT2D eigenvalue weighted by atomic mass is 32.2. The van der Waals surface area contributed by atoms with Crippen molar-refractivity contribution < 1.29 is 31.9 Å². The Hall–Kier alpha value is -3.70. The number of piperidine rings is 1. The van der Waals surface area contributed by atoms with Crippen LogP contribution in [0.2, 0.25) is 0 Å². The summed E-state index contributed by atoms with van der Waals surface area (Å²) in [6, 6.07) is 4.98. The number of hydrogen-bond donors (Lipinski definition) is 1. The molecule has 2 aromatic rings. The molecule has 1 amide bonds. The van der Waals surface area contributed by atoms with Crippen molar-refractivity contribution in [1.29, 1.82) is 5.26 Å². The molecular weight excluding hydrogens is 543 g/mol. The second kappa shape index (κ2) is 10.4. The van der Waals surface area contributed by atoms with Gasteiger partial charge in [-0.05, 0) is 58.0 Å². The smallest absolute Gasteiger partial charge is 0.326 e. The van der Waals surface area contributed by atoms with Gasteiger partial charge in [-0.3, -0.25) is 14.3 Å². The Kier molecular flexibility index (Phi) is 7.22. The number of amides is 1. The molecular formula is C26H31FN6O6S. The summed E-state index contributed by atoms with van der Waals surface area (Å²) in [6.07, 6.45) is 4.29. The lowest BCUT2D eigenvalue weighted by Gasteiger charge is -2.30. The molecule has 2 saturated heterocycles. The average molecular weight is 575 g/mol. The Balaban J connectivity index is 1.49. The summed E-state index contributed by atoms with van der Waals surface area (Å²) in [7, 11) is -2.43. The van der Waals surface area contributed by atoms with Crippen LogP contribution in [0, 0.1) is 29.0 Å². The molecule has 5 rings (SSSR count). The van der Waals surface area contributed by atoms with Crippen LogP contribution >= 0.6 is 0 Å². The average Bonchev–Trinajstić information content (AvgIpc) is 3.45. The van der Waals surface area contributed by atoms with Gasteiger partial charge < -0.3 is 14.4 Å². The fourth-order valence-electron chi connectivity index (χ4n) is 4.83. The van der Waals surface area contributed by atoms with Crippen LogP contribution in [0.4, 0.5) is 10.1 Å². The highest BCUT2D eigenvalue weighted by Gasteiger charge is 2.46. The normalized spacial score (nSPS) is 21.1. The van der Waals surface area contributed by atoms with E-state index in [1.54, 1.807) is 13.8 Å². The van der Waals surface area contributed by atoms with Crippen LogP contribution in [0.15, 0.2) is 24.5 Å². The van der Waals surface area contributed by atoms with Gasteiger partial charge >= 0.3 is 16.2 Å². The lowest BCUT2D eigenvalue weighted by atomic mass is 9.97. The van der Waals surface area contributed by atoms with Gasteiger partial charge in [-0.15, -0.1) is 0 Å². The van der Waals surface area contributed by atoms with E-state index in [0.29, 0.717) is 35.6 Å². The molecule has 214 valence electrons. The maximum Gasteiger partial charge on any atom is 0.326 e. The number of nitriles is 1. The van der Waals surface area contributed by atoms with Crippen molar-refractivity contribution in [2.75, 3.05) is 31.0 Å². The van der Waals surface area contributed by atoms with Gasteiger partial charge in [0, 0.05) is 23.2 Å².